The Morgan fingerprint density at radius 3 is 2.65 bits per heavy atom. The molecule has 1 spiro atoms. The largest absolute Gasteiger partial charge is 0.469 e. The number of carbonyl (C=O) groups is 3. The quantitative estimate of drug-likeness (QED) is 0.108. The first kappa shape index (κ1) is 37.8. The standard InChI is InChI=1S/C38H52N6O7Si/c1-25-35(52(3,4)49)33(17-20-43-23-31(41-42-43)29(24-45)26-11-6-5-7-12-26)51-38(25)30-21-28(40-36(47)27-13-10-18-39-22-27)15-16-32(30)44(37(38)48)19-9-8-14-34(46)50-2/h5-7,11-12,15-16,21,23,25,27,29,33,35,39,45,49H,8-10,13-14,17-20,22,24H2,1-4H3,(H,40,47)/t25-,27?,29?,33+,35-,38+/m1/s1. The normalized spacial score (nSPS) is 25.0. The molecule has 0 aliphatic carbocycles. The zero-order valence-corrected chi connectivity index (χ0v) is 31.6. The fourth-order valence-corrected chi connectivity index (χ4v) is 11.1. The van der Waals surface area contributed by atoms with Crippen molar-refractivity contribution in [2.45, 2.75) is 88.3 Å². The Balaban J connectivity index is 1.28. The molecular formula is C38H52N6O7Si. The molecule has 6 atom stereocenters. The van der Waals surface area contributed by atoms with E-state index in [1.54, 1.807) is 9.58 Å². The van der Waals surface area contributed by atoms with Gasteiger partial charge >= 0.3 is 5.97 Å². The lowest BCUT2D eigenvalue weighted by Gasteiger charge is -2.32. The lowest BCUT2D eigenvalue weighted by atomic mass is 9.82. The van der Waals surface area contributed by atoms with E-state index in [0.29, 0.717) is 61.5 Å². The Bertz CT molecular complexity index is 1730. The Kier molecular flexibility index (Phi) is 11.6. The van der Waals surface area contributed by atoms with Gasteiger partial charge in [0.1, 0.15) is 0 Å². The van der Waals surface area contributed by atoms with E-state index in [2.05, 4.69) is 20.9 Å². The van der Waals surface area contributed by atoms with Gasteiger partial charge in [0, 0.05) is 55.0 Å². The molecule has 2 saturated heterocycles. The zero-order valence-electron chi connectivity index (χ0n) is 30.6. The smallest absolute Gasteiger partial charge is 0.305 e. The van der Waals surface area contributed by atoms with Crippen molar-refractivity contribution in [3.63, 3.8) is 0 Å². The second-order valence-electron chi connectivity index (χ2n) is 15.0. The molecule has 0 radical (unpaired) electrons. The topological polar surface area (TPSA) is 168 Å². The molecule has 4 N–H and O–H groups in total. The SMILES string of the molecule is COC(=O)CCCCN1C(=O)[C@@]2(O[C@@H](CCn3cc(C(CO)c4ccccc4)nn3)[C@H]([Si](C)(C)O)[C@H]2C)c2cc(NC(=O)C3CCCNC3)ccc21. The van der Waals surface area contributed by atoms with Crippen LogP contribution >= 0.6 is 0 Å². The molecule has 4 heterocycles. The van der Waals surface area contributed by atoms with Crippen molar-refractivity contribution in [3.8, 4) is 0 Å². The maximum absolute atomic E-state index is 14.8. The number of amides is 2. The Labute approximate surface area is 306 Å². The van der Waals surface area contributed by atoms with Crippen molar-refractivity contribution in [3.05, 3.63) is 71.5 Å². The second-order valence-corrected chi connectivity index (χ2v) is 18.9. The van der Waals surface area contributed by atoms with Gasteiger partial charge in [-0.3, -0.25) is 19.1 Å². The number of ether oxygens (including phenoxy) is 2. The third kappa shape index (κ3) is 7.58. The number of piperidine rings is 1. The average molecular weight is 733 g/mol. The predicted molar refractivity (Wildman–Crippen MR) is 198 cm³/mol. The van der Waals surface area contributed by atoms with Crippen LogP contribution in [0.2, 0.25) is 18.6 Å². The monoisotopic (exact) mass is 732 g/mol. The molecule has 2 unspecified atom stereocenters. The number of aryl methyl sites for hydroxylation is 1. The van der Waals surface area contributed by atoms with Crippen LogP contribution in [0.15, 0.2) is 54.7 Å². The predicted octanol–water partition coefficient (Wildman–Crippen LogP) is 3.92. The molecule has 52 heavy (non-hydrogen) atoms. The minimum atomic E-state index is -2.93. The van der Waals surface area contributed by atoms with E-state index in [4.69, 9.17) is 9.47 Å². The van der Waals surface area contributed by atoms with E-state index in [1.807, 2.05) is 74.7 Å². The van der Waals surface area contributed by atoms with Crippen molar-refractivity contribution in [1.82, 2.24) is 20.3 Å². The van der Waals surface area contributed by atoms with Gasteiger partial charge in [0.25, 0.3) is 5.91 Å². The summed E-state index contributed by atoms with van der Waals surface area (Å²) in [5.41, 5.74) is 1.90. The Morgan fingerprint density at radius 2 is 1.96 bits per heavy atom. The lowest BCUT2D eigenvalue weighted by Crippen LogP contribution is -2.46. The summed E-state index contributed by atoms with van der Waals surface area (Å²) in [6, 6.07) is 15.3. The number of hydrogen-bond donors (Lipinski definition) is 4. The van der Waals surface area contributed by atoms with Gasteiger partial charge in [0.2, 0.25) is 5.91 Å². The van der Waals surface area contributed by atoms with E-state index >= 15 is 0 Å². The number of unbranched alkanes of at least 4 members (excludes halogenated alkanes) is 1. The van der Waals surface area contributed by atoms with Gasteiger partial charge in [-0.05, 0) is 75.5 Å². The van der Waals surface area contributed by atoms with Crippen LogP contribution in [0.1, 0.15) is 68.2 Å². The van der Waals surface area contributed by atoms with Crippen molar-refractivity contribution in [2.75, 3.05) is 43.6 Å². The number of methoxy groups -OCH3 is 1. The summed E-state index contributed by atoms with van der Waals surface area (Å²) >= 11 is 0. The van der Waals surface area contributed by atoms with E-state index < -0.39 is 20.0 Å². The van der Waals surface area contributed by atoms with Crippen LogP contribution in [0.3, 0.4) is 0 Å². The van der Waals surface area contributed by atoms with Crippen LogP contribution in [0.4, 0.5) is 11.4 Å². The molecule has 0 bridgehead atoms. The number of nitrogens with zero attached hydrogens (tertiary/aromatic N) is 4. The third-order valence-corrected chi connectivity index (χ3v) is 13.6. The fraction of sp³-hybridized carbons (Fsp3) is 0.553. The number of benzene rings is 2. The maximum atomic E-state index is 14.8. The summed E-state index contributed by atoms with van der Waals surface area (Å²) in [5, 5.41) is 25.3. The summed E-state index contributed by atoms with van der Waals surface area (Å²) < 4.78 is 13.6. The summed E-state index contributed by atoms with van der Waals surface area (Å²) in [6.45, 7) is 8.00. The third-order valence-electron chi connectivity index (χ3n) is 11.1. The summed E-state index contributed by atoms with van der Waals surface area (Å²) in [7, 11) is -1.57. The molecule has 2 fully saturated rings. The number of fused-ring (bicyclic) bond motifs is 2. The molecule has 3 aromatic rings. The molecule has 3 aliphatic heterocycles. The first-order chi connectivity index (χ1) is 25.0. The van der Waals surface area contributed by atoms with Crippen LogP contribution in [-0.4, -0.2) is 90.5 Å². The van der Waals surface area contributed by atoms with Gasteiger partial charge in [-0.2, -0.15) is 0 Å². The van der Waals surface area contributed by atoms with Crippen LogP contribution in [0, 0.1) is 11.8 Å². The number of aliphatic hydroxyl groups is 1. The first-order valence-corrected chi connectivity index (χ1v) is 21.5. The molecule has 280 valence electrons. The summed E-state index contributed by atoms with van der Waals surface area (Å²) in [5.74, 6) is -1.39. The Morgan fingerprint density at radius 1 is 1.17 bits per heavy atom. The van der Waals surface area contributed by atoms with E-state index in [9.17, 15) is 24.3 Å². The van der Waals surface area contributed by atoms with E-state index in [0.717, 1.165) is 24.9 Å². The number of aromatic nitrogens is 3. The minimum absolute atomic E-state index is 0.0619. The Hall–Kier alpha value is -3.95. The van der Waals surface area contributed by atoms with Crippen LogP contribution in [0.25, 0.3) is 0 Å². The fourth-order valence-electron chi connectivity index (χ4n) is 8.51. The van der Waals surface area contributed by atoms with Gasteiger partial charge in [-0.15, -0.1) is 5.10 Å². The molecule has 13 nitrogen and oxygen atoms in total. The second kappa shape index (κ2) is 16.0. The number of rotatable bonds is 14. The lowest BCUT2D eigenvalue weighted by molar-refractivity contribution is -0.146. The molecule has 6 rings (SSSR count). The van der Waals surface area contributed by atoms with E-state index in [1.165, 1.54) is 7.11 Å². The molecule has 1 aromatic heterocycles. The van der Waals surface area contributed by atoms with Gasteiger partial charge in [-0.25, -0.2) is 0 Å². The molecule has 3 aliphatic rings. The first-order valence-electron chi connectivity index (χ1n) is 18.5. The average Bonchev–Trinajstić information content (AvgIpc) is 3.80. The highest BCUT2D eigenvalue weighted by Gasteiger charge is 2.66. The number of aliphatic hydroxyl groups excluding tert-OH is 1. The van der Waals surface area contributed by atoms with E-state index in [-0.39, 0.29) is 54.1 Å². The number of carbonyl (C=O) groups excluding carboxylic acids is 3. The van der Waals surface area contributed by atoms with Crippen LogP contribution < -0.4 is 15.5 Å². The number of nitrogens with one attached hydrogen (secondary N) is 2. The van der Waals surface area contributed by atoms with Gasteiger partial charge in [0.05, 0.1) is 43.0 Å². The number of anilines is 2. The molecule has 2 amide bonds. The minimum Gasteiger partial charge on any atom is -0.469 e. The number of esters is 1. The highest BCUT2D eigenvalue weighted by Crippen LogP contribution is 2.60. The van der Waals surface area contributed by atoms with Crippen LogP contribution in [0.5, 0.6) is 0 Å². The van der Waals surface area contributed by atoms with Crippen molar-refractivity contribution in [1.29, 1.82) is 0 Å². The molecule has 0 saturated carbocycles. The molecular weight excluding hydrogens is 681 g/mol. The van der Waals surface area contributed by atoms with Crippen molar-refractivity contribution in [2.24, 2.45) is 11.8 Å². The van der Waals surface area contributed by atoms with Crippen molar-refractivity contribution >= 4 is 37.5 Å². The van der Waals surface area contributed by atoms with Gasteiger partial charge in [-0.1, -0.05) is 42.5 Å². The highest BCUT2D eigenvalue weighted by atomic mass is 28.4. The zero-order chi connectivity index (χ0) is 37.0. The summed E-state index contributed by atoms with van der Waals surface area (Å²) in [6.07, 6.45) is 4.97. The van der Waals surface area contributed by atoms with Gasteiger partial charge in [0.15, 0.2) is 13.9 Å². The van der Waals surface area contributed by atoms with Crippen molar-refractivity contribution < 1.29 is 33.8 Å². The number of hydrogen-bond acceptors (Lipinski definition) is 10. The molecule has 14 heteroatoms. The highest BCUT2D eigenvalue weighted by molar-refractivity contribution is 6.71. The summed E-state index contributed by atoms with van der Waals surface area (Å²) in [4.78, 5) is 53.4. The maximum Gasteiger partial charge on any atom is 0.305 e. The van der Waals surface area contributed by atoms with Gasteiger partial charge < -0.3 is 34.9 Å². The molecule has 2 aromatic carbocycles. The van der Waals surface area contributed by atoms with Crippen LogP contribution in [-0.2, 0) is 36.0 Å².